The van der Waals surface area contributed by atoms with Gasteiger partial charge in [0.1, 0.15) is 11.1 Å². The maximum Gasteiger partial charge on any atom is 0.151 e. The van der Waals surface area contributed by atoms with Crippen molar-refractivity contribution in [2.24, 2.45) is 7.05 Å². The molecule has 5 aromatic rings. The molecule has 6 rings (SSSR count). The van der Waals surface area contributed by atoms with E-state index in [0.717, 1.165) is 20.9 Å². The van der Waals surface area contributed by atoms with E-state index in [9.17, 15) is 5.26 Å². The fourth-order valence-corrected chi connectivity index (χ4v) is 6.19. The van der Waals surface area contributed by atoms with Gasteiger partial charge in [0.15, 0.2) is 5.82 Å². The topological polar surface area (TPSA) is 44.9 Å². The molecule has 2 aromatic heterocycles. The molecule has 0 amide bonds. The summed E-state index contributed by atoms with van der Waals surface area (Å²) >= 11 is 3.47. The molecule has 1 aliphatic rings. The van der Waals surface area contributed by atoms with E-state index in [-0.39, 0.29) is 0 Å². The lowest BCUT2D eigenvalue weighted by molar-refractivity contribution is 0.925. The highest BCUT2D eigenvalue weighted by atomic mass is 32.2. The number of benzene rings is 3. The summed E-state index contributed by atoms with van der Waals surface area (Å²) in [5.41, 5.74) is 4.81. The van der Waals surface area contributed by atoms with Crippen molar-refractivity contribution in [2.45, 2.75) is 9.79 Å². The first-order valence-electron chi connectivity index (χ1n) is 10.5. The van der Waals surface area contributed by atoms with Crippen LogP contribution < -0.4 is 4.90 Å². The number of anilines is 3. The lowest BCUT2D eigenvalue weighted by Gasteiger charge is -2.31. The lowest BCUT2D eigenvalue weighted by Crippen LogP contribution is -2.13. The number of hydrogen-bond donors (Lipinski definition) is 0. The van der Waals surface area contributed by atoms with Crippen molar-refractivity contribution in [3.8, 4) is 6.07 Å². The molecule has 0 spiro atoms. The molecule has 0 N–H and O–H groups in total. The van der Waals surface area contributed by atoms with Gasteiger partial charge in [0.25, 0.3) is 0 Å². The van der Waals surface area contributed by atoms with Crippen molar-refractivity contribution in [1.82, 2.24) is 9.55 Å². The number of fused-ring (bicyclic) bond motifs is 3. The number of imidazole rings is 1. The molecular weight excluding hydrogens is 444 g/mol. The first-order chi connectivity index (χ1) is 16.2. The van der Waals surface area contributed by atoms with Gasteiger partial charge in [0.2, 0.25) is 0 Å². The predicted molar refractivity (Wildman–Crippen MR) is 137 cm³/mol. The van der Waals surface area contributed by atoms with E-state index in [1.807, 2.05) is 42.0 Å². The van der Waals surface area contributed by atoms with Crippen LogP contribution >= 0.6 is 23.1 Å². The second-order valence-electron chi connectivity index (χ2n) is 7.70. The quantitative estimate of drug-likeness (QED) is 0.254. The zero-order chi connectivity index (χ0) is 22.4. The molecular formula is C27H18N4S2. The summed E-state index contributed by atoms with van der Waals surface area (Å²) in [6, 6.07) is 31.5. The Kier molecular flexibility index (Phi) is 4.79. The molecule has 0 unspecified atom stereocenters. The number of para-hydroxylation sites is 4. The van der Waals surface area contributed by atoms with E-state index in [4.69, 9.17) is 4.98 Å². The second kappa shape index (κ2) is 7.96. The molecule has 4 nitrogen and oxygen atoms in total. The Morgan fingerprint density at radius 1 is 0.879 bits per heavy atom. The fourth-order valence-electron chi connectivity index (χ4n) is 4.16. The molecule has 33 heavy (non-hydrogen) atoms. The van der Waals surface area contributed by atoms with Crippen LogP contribution in [0.1, 0.15) is 10.7 Å². The molecule has 158 valence electrons. The van der Waals surface area contributed by atoms with Gasteiger partial charge < -0.3 is 4.57 Å². The zero-order valence-electron chi connectivity index (χ0n) is 17.8. The van der Waals surface area contributed by atoms with Crippen molar-refractivity contribution >= 4 is 62.2 Å². The molecule has 0 atom stereocenters. The van der Waals surface area contributed by atoms with Crippen LogP contribution in [0.3, 0.4) is 0 Å². The molecule has 3 aromatic carbocycles. The van der Waals surface area contributed by atoms with Crippen LogP contribution in [0.25, 0.3) is 22.7 Å². The number of rotatable bonds is 3. The average Bonchev–Trinajstić information content (AvgIpc) is 3.45. The maximum absolute atomic E-state index is 9.93. The third-order valence-electron chi connectivity index (χ3n) is 5.70. The van der Waals surface area contributed by atoms with E-state index in [1.165, 1.54) is 21.2 Å². The van der Waals surface area contributed by atoms with E-state index < -0.39 is 0 Å². The van der Waals surface area contributed by atoms with Gasteiger partial charge in [-0.25, -0.2) is 4.98 Å². The highest BCUT2D eigenvalue weighted by molar-refractivity contribution is 7.99. The number of thiophene rings is 1. The summed E-state index contributed by atoms with van der Waals surface area (Å²) in [7, 11) is 1.95. The molecule has 0 saturated heterocycles. The largest absolute Gasteiger partial charge is 0.327 e. The molecule has 0 saturated carbocycles. The van der Waals surface area contributed by atoms with Crippen molar-refractivity contribution in [3.05, 3.63) is 95.6 Å². The molecule has 0 radical (unpaired) electrons. The smallest absolute Gasteiger partial charge is 0.151 e. The van der Waals surface area contributed by atoms with Crippen molar-refractivity contribution in [2.75, 3.05) is 4.90 Å². The summed E-state index contributed by atoms with van der Waals surface area (Å²) in [5, 5.41) is 11.0. The monoisotopic (exact) mass is 462 g/mol. The summed E-state index contributed by atoms with van der Waals surface area (Å²) in [6.45, 7) is 0. The Morgan fingerprint density at radius 3 is 2.24 bits per heavy atom. The van der Waals surface area contributed by atoms with Crippen LogP contribution in [0.2, 0.25) is 0 Å². The van der Waals surface area contributed by atoms with Crippen molar-refractivity contribution < 1.29 is 0 Å². The van der Waals surface area contributed by atoms with Crippen LogP contribution in [-0.4, -0.2) is 9.55 Å². The van der Waals surface area contributed by atoms with Gasteiger partial charge in [-0.05, 0) is 54.6 Å². The Labute approximate surface area is 200 Å². The normalized spacial score (nSPS) is 13.0. The molecule has 0 fully saturated rings. The Balaban J connectivity index is 1.43. The van der Waals surface area contributed by atoms with Crippen LogP contribution in [0.5, 0.6) is 0 Å². The number of allylic oxidation sites excluding steroid dienone is 1. The molecule has 0 aliphatic carbocycles. The van der Waals surface area contributed by atoms with Gasteiger partial charge in [0, 0.05) is 21.7 Å². The van der Waals surface area contributed by atoms with Gasteiger partial charge >= 0.3 is 0 Å². The van der Waals surface area contributed by atoms with Crippen LogP contribution in [0.4, 0.5) is 16.4 Å². The highest BCUT2D eigenvalue weighted by Crippen LogP contribution is 2.52. The summed E-state index contributed by atoms with van der Waals surface area (Å²) in [6.07, 6.45) is 1.94. The van der Waals surface area contributed by atoms with E-state index in [2.05, 4.69) is 71.6 Å². The minimum absolute atomic E-state index is 0.553. The van der Waals surface area contributed by atoms with Gasteiger partial charge in [-0.1, -0.05) is 48.2 Å². The summed E-state index contributed by atoms with van der Waals surface area (Å²) in [5.74, 6) is 0.679. The fraction of sp³-hybridized carbons (Fsp3) is 0.0370. The third-order valence-corrected chi connectivity index (χ3v) is 7.85. The molecule has 0 bridgehead atoms. The third kappa shape index (κ3) is 3.34. The Hall–Kier alpha value is -3.79. The Morgan fingerprint density at radius 2 is 1.55 bits per heavy atom. The Bertz CT molecular complexity index is 1540. The maximum atomic E-state index is 9.93. The van der Waals surface area contributed by atoms with Crippen LogP contribution in [0.15, 0.2) is 94.7 Å². The van der Waals surface area contributed by atoms with Crippen LogP contribution in [-0.2, 0) is 7.05 Å². The standard InChI is InChI=1S/C27H18N4S2/c1-30-21-9-3-2-8-20(21)29-27(30)18(17-28)16-19-14-15-26(32-19)31-22-10-4-6-12-24(22)33-25-13-7-5-11-23(25)31/h2-16H,1H3/b18-16+. The predicted octanol–water partition coefficient (Wildman–Crippen LogP) is 7.63. The first kappa shape index (κ1) is 19.9. The number of aromatic nitrogens is 2. The number of aryl methyl sites for hydroxylation is 1. The van der Waals surface area contributed by atoms with E-state index in [0.29, 0.717) is 11.4 Å². The lowest BCUT2D eigenvalue weighted by atomic mass is 10.2. The average molecular weight is 463 g/mol. The molecule has 6 heteroatoms. The minimum atomic E-state index is 0.553. The highest BCUT2D eigenvalue weighted by Gasteiger charge is 2.25. The minimum Gasteiger partial charge on any atom is -0.327 e. The van der Waals surface area contributed by atoms with E-state index >= 15 is 0 Å². The number of nitrogens with zero attached hydrogens (tertiary/aromatic N) is 4. The van der Waals surface area contributed by atoms with Crippen LogP contribution in [0, 0.1) is 11.3 Å². The number of nitriles is 1. The van der Waals surface area contributed by atoms with Gasteiger partial charge in [-0.3, -0.25) is 4.90 Å². The van der Waals surface area contributed by atoms with Gasteiger partial charge in [-0.15, -0.1) is 11.3 Å². The summed E-state index contributed by atoms with van der Waals surface area (Å²) < 4.78 is 1.98. The molecule has 3 heterocycles. The second-order valence-corrected chi connectivity index (χ2v) is 9.88. The summed E-state index contributed by atoms with van der Waals surface area (Å²) in [4.78, 5) is 10.5. The van der Waals surface area contributed by atoms with Crippen molar-refractivity contribution in [3.63, 3.8) is 0 Å². The van der Waals surface area contributed by atoms with Gasteiger partial charge in [0.05, 0.1) is 28.0 Å². The SMILES string of the molecule is Cn1c(/C(C#N)=C/c2ccc(N3c4ccccc4Sc4ccccc43)s2)nc2ccccc21. The first-order valence-corrected chi connectivity index (χ1v) is 12.2. The number of hydrogen-bond acceptors (Lipinski definition) is 5. The van der Waals surface area contributed by atoms with Crippen molar-refractivity contribution in [1.29, 1.82) is 5.26 Å². The molecule has 1 aliphatic heterocycles. The zero-order valence-corrected chi connectivity index (χ0v) is 19.4. The van der Waals surface area contributed by atoms with Gasteiger partial charge in [-0.2, -0.15) is 5.26 Å². The van der Waals surface area contributed by atoms with E-state index in [1.54, 1.807) is 23.1 Å².